The third-order valence-electron chi connectivity index (χ3n) is 2.97. The molecule has 2 N–H and O–H groups in total. The van der Waals surface area contributed by atoms with Crippen LogP contribution in [0.4, 0.5) is 16.2 Å². The van der Waals surface area contributed by atoms with Crippen LogP contribution in [0, 0.1) is 0 Å². The number of nitrogens with two attached hydrogens (primary N) is 1. The molecule has 1 heterocycles. The van der Waals surface area contributed by atoms with Crippen molar-refractivity contribution < 1.29 is 23.8 Å². The molecule has 1 fully saturated rings. The molecule has 1 amide bonds. The Kier molecular flexibility index (Phi) is 4.21. The highest BCUT2D eigenvalue weighted by molar-refractivity contribution is 6.07. The van der Waals surface area contributed by atoms with E-state index < -0.39 is 12.1 Å². The predicted octanol–water partition coefficient (Wildman–Crippen LogP) is 1.80. The minimum Gasteiger partial charge on any atom is -0.495 e. The topological polar surface area (TPSA) is 91.1 Å². The van der Waals surface area contributed by atoms with Crippen LogP contribution >= 0.6 is 0 Å². The van der Waals surface area contributed by atoms with E-state index in [1.807, 2.05) is 0 Å². The van der Waals surface area contributed by atoms with E-state index in [0.29, 0.717) is 12.3 Å². The number of hydrogen-bond acceptors (Lipinski definition) is 6. The van der Waals surface area contributed by atoms with Gasteiger partial charge in [0, 0.05) is 5.69 Å². The lowest BCUT2D eigenvalue weighted by molar-refractivity contribution is 0.0380. The zero-order valence-electron chi connectivity index (χ0n) is 12.2. The van der Waals surface area contributed by atoms with Crippen molar-refractivity contribution in [1.82, 2.24) is 0 Å². The van der Waals surface area contributed by atoms with Crippen LogP contribution in [0.2, 0.25) is 0 Å². The van der Waals surface area contributed by atoms with Gasteiger partial charge in [-0.05, 0) is 26.0 Å². The highest BCUT2D eigenvalue weighted by Crippen LogP contribution is 2.37. The number of anilines is 2. The van der Waals surface area contributed by atoms with E-state index in [-0.39, 0.29) is 29.6 Å². The molecule has 2 rings (SSSR count). The molecule has 21 heavy (non-hydrogen) atoms. The first-order valence-corrected chi connectivity index (χ1v) is 6.57. The summed E-state index contributed by atoms with van der Waals surface area (Å²) in [5.41, 5.74) is 6.51. The molecular weight excluding hydrogens is 276 g/mol. The van der Waals surface area contributed by atoms with Gasteiger partial charge >= 0.3 is 12.1 Å². The molecule has 1 aliphatic heterocycles. The van der Waals surface area contributed by atoms with Gasteiger partial charge in [0.15, 0.2) is 0 Å². The van der Waals surface area contributed by atoms with Gasteiger partial charge in [-0.2, -0.15) is 0 Å². The largest absolute Gasteiger partial charge is 0.495 e. The van der Waals surface area contributed by atoms with Crippen molar-refractivity contribution in [3.63, 3.8) is 0 Å². The minimum absolute atomic E-state index is 0.113. The van der Waals surface area contributed by atoms with Crippen molar-refractivity contribution in [2.75, 3.05) is 30.9 Å². The SMILES string of the molecule is COc1ccc(N)c(C(=O)OC(C)C)c1N1CCOC1=O. The number of benzene rings is 1. The first-order chi connectivity index (χ1) is 9.95. The monoisotopic (exact) mass is 294 g/mol. The summed E-state index contributed by atoms with van der Waals surface area (Å²) in [6.45, 7) is 4.03. The fourth-order valence-corrected chi connectivity index (χ4v) is 2.10. The summed E-state index contributed by atoms with van der Waals surface area (Å²) < 4.78 is 15.4. The zero-order valence-corrected chi connectivity index (χ0v) is 12.2. The molecule has 0 radical (unpaired) electrons. The van der Waals surface area contributed by atoms with Crippen molar-refractivity contribution in [3.05, 3.63) is 17.7 Å². The van der Waals surface area contributed by atoms with Gasteiger partial charge in [-0.1, -0.05) is 0 Å². The zero-order chi connectivity index (χ0) is 15.6. The normalized spacial score (nSPS) is 14.3. The molecular formula is C14H18N2O5. The van der Waals surface area contributed by atoms with Crippen LogP contribution in [0.25, 0.3) is 0 Å². The Morgan fingerprint density at radius 2 is 2.14 bits per heavy atom. The Labute approximate surface area is 122 Å². The lowest BCUT2D eigenvalue weighted by Gasteiger charge is -2.21. The second-order valence-electron chi connectivity index (χ2n) is 4.80. The van der Waals surface area contributed by atoms with E-state index in [0.717, 1.165) is 0 Å². The highest BCUT2D eigenvalue weighted by atomic mass is 16.6. The molecule has 1 aromatic rings. The predicted molar refractivity (Wildman–Crippen MR) is 76.7 cm³/mol. The van der Waals surface area contributed by atoms with E-state index in [2.05, 4.69) is 0 Å². The second kappa shape index (κ2) is 5.90. The molecule has 0 bridgehead atoms. The van der Waals surface area contributed by atoms with Gasteiger partial charge < -0.3 is 19.9 Å². The fraction of sp³-hybridized carbons (Fsp3) is 0.429. The van der Waals surface area contributed by atoms with E-state index in [1.165, 1.54) is 12.0 Å². The number of hydrogen-bond donors (Lipinski definition) is 1. The minimum atomic E-state index is -0.601. The van der Waals surface area contributed by atoms with E-state index >= 15 is 0 Å². The number of cyclic esters (lactones) is 1. The van der Waals surface area contributed by atoms with E-state index in [9.17, 15) is 9.59 Å². The number of rotatable bonds is 4. The van der Waals surface area contributed by atoms with Crippen LogP contribution < -0.4 is 15.4 Å². The maximum atomic E-state index is 12.3. The number of nitrogen functional groups attached to an aromatic ring is 1. The third-order valence-corrected chi connectivity index (χ3v) is 2.97. The lowest BCUT2D eigenvalue weighted by Crippen LogP contribution is -2.27. The van der Waals surface area contributed by atoms with Gasteiger partial charge in [0.1, 0.15) is 23.6 Å². The number of nitrogens with zero attached hydrogens (tertiary/aromatic N) is 1. The number of carbonyl (C=O) groups excluding carboxylic acids is 2. The molecule has 1 saturated heterocycles. The van der Waals surface area contributed by atoms with Crippen LogP contribution in [0.5, 0.6) is 5.75 Å². The standard InChI is InChI=1S/C14H18N2O5/c1-8(2)21-13(17)11-9(15)4-5-10(19-3)12(11)16-6-7-20-14(16)18/h4-5,8H,6-7,15H2,1-3H3. The Morgan fingerprint density at radius 1 is 1.43 bits per heavy atom. The number of esters is 1. The summed E-state index contributed by atoms with van der Waals surface area (Å²) in [5.74, 6) is -0.241. The Hall–Kier alpha value is -2.44. The molecule has 0 atom stereocenters. The smallest absolute Gasteiger partial charge is 0.414 e. The number of carbonyl (C=O) groups is 2. The summed E-state index contributed by atoms with van der Waals surface area (Å²) >= 11 is 0. The summed E-state index contributed by atoms with van der Waals surface area (Å²) in [4.78, 5) is 25.4. The maximum Gasteiger partial charge on any atom is 0.414 e. The second-order valence-corrected chi connectivity index (χ2v) is 4.80. The maximum absolute atomic E-state index is 12.3. The van der Waals surface area contributed by atoms with E-state index in [4.69, 9.17) is 19.9 Å². The average Bonchev–Trinajstić information content (AvgIpc) is 2.83. The van der Waals surface area contributed by atoms with Crippen LogP contribution in [0.15, 0.2) is 12.1 Å². The Balaban J connectivity index is 2.56. The van der Waals surface area contributed by atoms with Crippen molar-refractivity contribution in [2.24, 2.45) is 0 Å². The average molecular weight is 294 g/mol. The van der Waals surface area contributed by atoms with Gasteiger partial charge in [0.25, 0.3) is 0 Å². The molecule has 7 heteroatoms. The molecule has 1 aromatic carbocycles. The van der Waals surface area contributed by atoms with Gasteiger partial charge in [0.2, 0.25) is 0 Å². The van der Waals surface area contributed by atoms with E-state index in [1.54, 1.807) is 26.0 Å². The Bertz CT molecular complexity index is 571. The lowest BCUT2D eigenvalue weighted by atomic mass is 10.1. The van der Waals surface area contributed by atoms with Gasteiger partial charge in [0.05, 0.1) is 19.8 Å². The molecule has 0 unspecified atom stereocenters. The summed E-state index contributed by atoms with van der Waals surface area (Å²) in [6, 6.07) is 3.14. The van der Waals surface area contributed by atoms with Crippen molar-refractivity contribution >= 4 is 23.4 Å². The van der Waals surface area contributed by atoms with Gasteiger partial charge in [-0.15, -0.1) is 0 Å². The van der Waals surface area contributed by atoms with Crippen LogP contribution in [-0.2, 0) is 9.47 Å². The van der Waals surface area contributed by atoms with Crippen molar-refractivity contribution in [3.8, 4) is 5.75 Å². The van der Waals surface area contributed by atoms with Crippen LogP contribution in [0.1, 0.15) is 24.2 Å². The molecule has 0 aliphatic carbocycles. The quantitative estimate of drug-likeness (QED) is 0.672. The third kappa shape index (κ3) is 2.86. The molecule has 1 aliphatic rings. The molecule has 7 nitrogen and oxygen atoms in total. The molecule has 0 saturated carbocycles. The highest BCUT2D eigenvalue weighted by Gasteiger charge is 2.32. The van der Waals surface area contributed by atoms with Gasteiger partial charge in [-0.25, -0.2) is 9.59 Å². The summed E-state index contributed by atoms with van der Waals surface area (Å²) in [5, 5.41) is 0. The Morgan fingerprint density at radius 3 is 2.67 bits per heavy atom. The number of ether oxygens (including phenoxy) is 3. The number of amides is 1. The fourth-order valence-electron chi connectivity index (χ4n) is 2.10. The van der Waals surface area contributed by atoms with Crippen molar-refractivity contribution in [1.29, 1.82) is 0 Å². The molecule has 0 spiro atoms. The van der Waals surface area contributed by atoms with Crippen LogP contribution in [0.3, 0.4) is 0 Å². The molecule has 114 valence electrons. The van der Waals surface area contributed by atoms with Crippen molar-refractivity contribution in [2.45, 2.75) is 20.0 Å². The summed E-state index contributed by atoms with van der Waals surface area (Å²) in [7, 11) is 1.45. The van der Waals surface area contributed by atoms with Gasteiger partial charge in [-0.3, -0.25) is 4.90 Å². The first kappa shape index (κ1) is 15.0. The summed E-state index contributed by atoms with van der Waals surface area (Å²) in [6.07, 6.45) is -0.848. The van der Waals surface area contributed by atoms with Crippen LogP contribution in [-0.4, -0.2) is 38.4 Å². The molecule has 0 aromatic heterocycles. The first-order valence-electron chi connectivity index (χ1n) is 6.57. The number of methoxy groups -OCH3 is 1.